The Bertz CT molecular complexity index is 1110. The number of amides is 1. The monoisotopic (exact) mass is 432 g/mol. The fourth-order valence-corrected chi connectivity index (χ4v) is 4.46. The molecular weight excluding hydrogens is 408 g/mol. The predicted molar refractivity (Wildman–Crippen MR) is 117 cm³/mol. The number of hydrogen-bond acceptors (Lipinski definition) is 6. The molecule has 1 aromatic carbocycles. The molecule has 1 amide bonds. The van der Waals surface area contributed by atoms with E-state index in [9.17, 15) is 9.59 Å². The van der Waals surface area contributed by atoms with Crippen molar-refractivity contribution in [1.29, 1.82) is 0 Å². The maximum Gasteiger partial charge on any atom is 0.338 e. The molecule has 7 nitrogen and oxygen atoms in total. The first-order valence-electron chi connectivity index (χ1n) is 9.41. The summed E-state index contributed by atoms with van der Waals surface area (Å²) in [5, 5.41) is 4.33. The van der Waals surface area contributed by atoms with E-state index < -0.39 is 0 Å². The van der Waals surface area contributed by atoms with E-state index in [4.69, 9.17) is 4.74 Å². The molecule has 0 aliphatic carbocycles. The summed E-state index contributed by atoms with van der Waals surface area (Å²) in [5.41, 5.74) is 2.71. The Kier molecular flexibility index (Phi) is 6.92. The molecular formula is C20H24N4O3S2. The van der Waals surface area contributed by atoms with Crippen molar-refractivity contribution >= 4 is 45.2 Å². The van der Waals surface area contributed by atoms with Crippen molar-refractivity contribution in [2.24, 2.45) is 4.99 Å². The number of hydrogen-bond donors (Lipinski definition) is 0. The lowest BCUT2D eigenvalue weighted by Crippen LogP contribution is -2.19. The quantitative estimate of drug-likeness (QED) is 0.534. The summed E-state index contributed by atoms with van der Waals surface area (Å²) >= 11 is 3.12. The van der Waals surface area contributed by atoms with Gasteiger partial charge in [0, 0.05) is 18.8 Å². The van der Waals surface area contributed by atoms with Crippen LogP contribution in [0.4, 0.5) is 0 Å². The van der Waals surface area contributed by atoms with Crippen LogP contribution in [0, 0.1) is 6.92 Å². The molecule has 0 radical (unpaired) electrons. The van der Waals surface area contributed by atoms with Crippen LogP contribution in [0.1, 0.15) is 40.4 Å². The summed E-state index contributed by atoms with van der Waals surface area (Å²) in [4.78, 5) is 30.0. The molecule has 2 aromatic heterocycles. The number of thioether (sulfide) groups is 1. The van der Waals surface area contributed by atoms with Crippen LogP contribution in [0.2, 0.25) is 0 Å². The Hall–Kier alpha value is -2.39. The first-order chi connectivity index (χ1) is 14.0. The summed E-state index contributed by atoms with van der Waals surface area (Å²) in [5.74, 6) is 0.219. The van der Waals surface area contributed by atoms with Crippen molar-refractivity contribution in [2.75, 3.05) is 18.6 Å². The predicted octanol–water partition coefficient (Wildman–Crippen LogP) is 3.51. The third-order valence-corrected chi connectivity index (χ3v) is 5.96. The second-order valence-corrected chi connectivity index (χ2v) is 8.33. The highest BCUT2D eigenvalue weighted by Crippen LogP contribution is 2.20. The Morgan fingerprint density at radius 2 is 2.07 bits per heavy atom. The molecule has 0 fully saturated rings. The molecule has 3 rings (SSSR count). The van der Waals surface area contributed by atoms with E-state index in [1.54, 1.807) is 41.6 Å². The molecule has 3 aromatic rings. The zero-order valence-electron chi connectivity index (χ0n) is 17.0. The zero-order valence-corrected chi connectivity index (χ0v) is 18.6. The second kappa shape index (κ2) is 9.41. The van der Waals surface area contributed by atoms with Gasteiger partial charge in [0.2, 0.25) is 0 Å². The van der Waals surface area contributed by atoms with Gasteiger partial charge in [-0.1, -0.05) is 11.3 Å². The van der Waals surface area contributed by atoms with Gasteiger partial charge in [-0.3, -0.25) is 9.48 Å². The summed E-state index contributed by atoms with van der Waals surface area (Å²) in [6.45, 7) is 7.23. The van der Waals surface area contributed by atoms with E-state index >= 15 is 0 Å². The van der Waals surface area contributed by atoms with Gasteiger partial charge in [-0.15, -0.1) is 0 Å². The summed E-state index contributed by atoms with van der Waals surface area (Å²) in [7, 11) is 0. The van der Waals surface area contributed by atoms with Gasteiger partial charge in [-0.25, -0.2) is 4.79 Å². The largest absolute Gasteiger partial charge is 0.462 e. The van der Waals surface area contributed by atoms with E-state index in [2.05, 4.69) is 10.1 Å². The fraction of sp³-hybridized carbons (Fsp3) is 0.400. The molecule has 0 unspecified atom stereocenters. The number of aryl methyl sites for hydroxylation is 3. The fourth-order valence-electron chi connectivity index (χ4n) is 3.00. The zero-order chi connectivity index (χ0) is 21.0. The maximum absolute atomic E-state index is 12.9. The minimum absolute atomic E-state index is 0.317. The number of ether oxygens (including phenoxy) is 1. The number of carbonyl (C=O) groups is 2. The highest BCUT2D eigenvalue weighted by molar-refractivity contribution is 7.98. The van der Waals surface area contributed by atoms with Crippen molar-refractivity contribution < 1.29 is 14.3 Å². The molecule has 0 bridgehead atoms. The van der Waals surface area contributed by atoms with Gasteiger partial charge in [0.15, 0.2) is 4.80 Å². The van der Waals surface area contributed by atoms with Gasteiger partial charge in [0.1, 0.15) is 5.69 Å². The number of aromatic nitrogens is 3. The number of carbonyl (C=O) groups excluding carboxylic acids is 2. The minimum Gasteiger partial charge on any atom is -0.462 e. The molecule has 0 aliphatic heterocycles. The van der Waals surface area contributed by atoms with Crippen LogP contribution < -0.4 is 4.80 Å². The van der Waals surface area contributed by atoms with Gasteiger partial charge >= 0.3 is 5.97 Å². The normalized spacial score (nSPS) is 11.9. The van der Waals surface area contributed by atoms with Crippen molar-refractivity contribution in [3.05, 3.63) is 46.0 Å². The van der Waals surface area contributed by atoms with E-state index in [1.165, 1.54) is 11.3 Å². The van der Waals surface area contributed by atoms with Crippen LogP contribution in [-0.4, -0.2) is 44.8 Å². The lowest BCUT2D eigenvalue weighted by molar-refractivity contribution is 0.0526. The number of rotatable bonds is 7. The number of benzene rings is 1. The van der Waals surface area contributed by atoms with Crippen molar-refractivity contribution in [2.45, 2.75) is 33.9 Å². The number of esters is 1. The van der Waals surface area contributed by atoms with Crippen molar-refractivity contribution in [1.82, 2.24) is 14.3 Å². The lowest BCUT2D eigenvalue weighted by Gasteiger charge is -2.05. The number of thiazole rings is 1. The Balaban J connectivity index is 2.10. The second-order valence-electron chi connectivity index (χ2n) is 6.34. The molecule has 0 atom stereocenters. The van der Waals surface area contributed by atoms with E-state index in [0.29, 0.717) is 29.2 Å². The topological polar surface area (TPSA) is 78.5 Å². The van der Waals surface area contributed by atoms with Crippen molar-refractivity contribution in [3.8, 4) is 0 Å². The molecule has 9 heteroatoms. The summed E-state index contributed by atoms with van der Waals surface area (Å²) in [6.07, 6.45) is 2.04. The molecule has 2 heterocycles. The molecule has 154 valence electrons. The van der Waals surface area contributed by atoms with E-state index in [-0.39, 0.29) is 11.9 Å². The molecule has 0 spiro atoms. The Morgan fingerprint density at radius 3 is 2.76 bits per heavy atom. The smallest absolute Gasteiger partial charge is 0.338 e. The summed E-state index contributed by atoms with van der Waals surface area (Å²) in [6, 6.07) is 7.21. The van der Waals surface area contributed by atoms with Gasteiger partial charge in [-0.2, -0.15) is 21.9 Å². The maximum atomic E-state index is 12.9. The average molecular weight is 433 g/mol. The van der Waals surface area contributed by atoms with Crippen LogP contribution in [0.5, 0.6) is 0 Å². The molecule has 29 heavy (non-hydrogen) atoms. The van der Waals surface area contributed by atoms with E-state index in [0.717, 1.165) is 28.2 Å². The van der Waals surface area contributed by atoms with Crippen LogP contribution in [0.25, 0.3) is 10.2 Å². The standard InChI is InChI=1S/C20H24N4O3S2/c1-5-24-16(11-13(3)22-24)18(25)21-20-23(9-10-28-4)15-8-7-14(12-17(15)29-20)19(26)27-6-2/h7-8,11-12H,5-6,9-10H2,1-4H3. The highest BCUT2D eigenvalue weighted by atomic mass is 32.2. The van der Waals surface area contributed by atoms with Crippen LogP contribution in [-0.2, 0) is 17.8 Å². The van der Waals surface area contributed by atoms with E-state index in [1.807, 2.05) is 30.7 Å². The first kappa shape index (κ1) is 21.3. The Morgan fingerprint density at radius 1 is 1.28 bits per heavy atom. The first-order valence-corrected chi connectivity index (χ1v) is 11.6. The molecule has 0 saturated heterocycles. The van der Waals surface area contributed by atoms with Crippen LogP contribution >= 0.6 is 23.1 Å². The average Bonchev–Trinajstić information content (AvgIpc) is 3.25. The van der Waals surface area contributed by atoms with Gasteiger partial charge in [0.05, 0.1) is 28.1 Å². The lowest BCUT2D eigenvalue weighted by atomic mass is 10.2. The van der Waals surface area contributed by atoms with Crippen LogP contribution in [0.3, 0.4) is 0 Å². The highest BCUT2D eigenvalue weighted by Gasteiger charge is 2.15. The van der Waals surface area contributed by atoms with Crippen molar-refractivity contribution in [3.63, 3.8) is 0 Å². The Labute approximate surface area is 177 Å². The molecule has 0 N–H and O–H groups in total. The third kappa shape index (κ3) is 4.62. The van der Waals surface area contributed by atoms with Gasteiger partial charge in [-0.05, 0) is 51.3 Å². The summed E-state index contributed by atoms with van der Waals surface area (Å²) < 4.78 is 9.69. The minimum atomic E-state index is -0.352. The SMILES string of the molecule is CCOC(=O)c1ccc2c(c1)sc(=NC(=O)c1cc(C)nn1CC)n2CCSC. The van der Waals surface area contributed by atoms with Gasteiger partial charge < -0.3 is 9.30 Å². The number of nitrogens with zero attached hydrogens (tertiary/aromatic N) is 4. The van der Waals surface area contributed by atoms with Gasteiger partial charge in [0.25, 0.3) is 5.91 Å². The molecule has 0 saturated carbocycles. The third-order valence-electron chi connectivity index (χ3n) is 4.33. The number of fused-ring (bicyclic) bond motifs is 1. The van der Waals surface area contributed by atoms with Crippen LogP contribution in [0.15, 0.2) is 29.3 Å². The molecule has 0 aliphatic rings.